The van der Waals surface area contributed by atoms with Crippen LogP contribution in [0.25, 0.3) is 0 Å². The summed E-state index contributed by atoms with van der Waals surface area (Å²) in [6, 6.07) is 0.861. The first-order valence-corrected chi connectivity index (χ1v) is 7.72. The van der Waals surface area contributed by atoms with Crippen LogP contribution in [0.4, 0.5) is 0 Å². The molecule has 2 rings (SSSR count). The van der Waals surface area contributed by atoms with Gasteiger partial charge in [0, 0.05) is 45.3 Å². The zero-order valence-corrected chi connectivity index (χ0v) is 12.7. The number of piperazine rings is 1. The van der Waals surface area contributed by atoms with E-state index in [-0.39, 0.29) is 0 Å². The van der Waals surface area contributed by atoms with Crippen LogP contribution in [-0.2, 0) is 0 Å². The zero-order chi connectivity index (χ0) is 11.5. The lowest BCUT2D eigenvalue weighted by molar-refractivity contribution is 0.0676. The Kier molecular flexibility index (Phi) is 4.88. The van der Waals surface area contributed by atoms with E-state index in [0.29, 0.717) is 4.05 Å². The third kappa shape index (κ3) is 3.31. The molecule has 0 aromatic carbocycles. The van der Waals surface area contributed by atoms with Crippen molar-refractivity contribution < 1.29 is 0 Å². The summed E-state index contributed by atoms with van der Waals surface area (Å²) < 4.78 is 0.700. The van der Waals surface area contributed by atoms with Gasteiger partial charge in [-0.05, 0) is 26.8 Å². The first-order valence-electron chi connectivity index (χ1n) is 6.47. The molecular formula is C12H24IN3. The molecule has 16 heavy (non-hydrogen) atoms. The molecular weight excluding hydrogens is 313 g/mol. The lowest BCUT2D eigenvalue weighted by Crippen LogP contribution is -2.52. The topological polar surface area (TPSA) is 9.72 Å². The molecule has 2 aliphatic rings. The number of piperidine rings is 1. The minimum atomic E-state index is 0.700. The van der Waals surface area contributed by atoms with E-state index < -0.39 is 0 Å². The maximum absolute atomic E-state index is 2.72. The molecule has 0 N–H and O–H groups in total. The number of rotatable bonds is 2. The molecule has 4 heteroatoms. The molecule has 0 aromatic heterocycles. The van der Waals surface area contributed by atoms with E-state index in [1.165, 1.54) is 52.1 Å². The van der Waals surface area contributed by atoms with Crippen LogP contribution in [0.1, 0.15) is 19.8 Å². The van der Waals surface area contributed by atoms with Crippen molar-refractivity contribution in [3.63, 3.8) is 0 Å². The van der Waals surface area contributed by atoms with Gasteiger partial charge in [-0.15, -0.1) is 0 Å². The molecule has 0 spiro atoms. The van der Waals surface area contributed by atoms with Gasteiger partial charge in [-0.3, -0.25) is 9.80 Å². The van der Waals surface area contributed by atoms with Gasteiger partial charge in [0.25, 0.3) is 0 Å². The van der Waals surface area contributed by atoms with Gasteiger partial charge in [0.05, 0.1) is 4.05 Å². The molecule has 0 aromatic rings. The smallest absolute Gasteiger partial charge is 0.0589 e. The van der Waals surface area contributed by atoms with Crippen LogP contribution in [0.3, 0.4) is 0 Å². The number of hydrogen-bond acceptors (Lipinski definition) is 3. The van der Waals surface area contributed by atoms with Crippen molar-refractivity contribution in [1.29, 1.82) is 0 Å². The van der Waals surface area contributed by atoms with E-state index in [9.17, 15) is 0 Å². The standard InChI is InChI=1S/C12H24IN3/c1-11(13)15-5-3-12(4-6-15)16-9-7-14(2)8-10-16/h11-12H,3-10H2,1-2H3. The van der Waals surface area contributed by atoms with Gasteiger partial charge >= 0.3 is 0 Å². The Hall–Kier alpha value is 0.610. The Bertz CT molecular complexity index is 206. The first-order chi connectivity index (χ1) is 7.66. The summed E-state index contributed by atoms with van der Waals surface area (Å²) in [7, 11) is 2.23. The van der Waals surface area contributed by atoms with Crippen molar-refractivity contribution in [3.8, 4) is 0 Å². The van der Waals surface area contributed by atoms with E-state index in [1.807, 2.05) is 0 Å². The van der Waals surface area contributed by atoms with Crippen molar-refractivity contribution in [2.45, 2.75) is 29.9 Å². The largest absolute Gasteiger partial charge is 0.304 e. The molecule has 0 aliphatic carbocycles. The number of nitrogens with zero attached hydrogens (tertiary/aromatic N) is 3. The molecule has 2 aliphatic heterocycles. The third-order valence-corrected chi connectivity index (χ3v) is 4.84. The Morgan fingerprint density at radius 3 is 2.06 bits per heavy atom. The minimum absolute atomic E-state index is 0.700. The predicted molar refractivity (Wildman–Crippen MR) is 77.1 cm³/mol. The fraction of sp³-hybridized carbons (Fsp3) is 1.00. The Morgan fingerprint density at radius 1 is 1.00 bits per heavy atom. The fourth-order valence-electron chi connectivity index (χ4n) is 2.79. The Labute approximate surface area is 113 Å². The average molecular weight is 337 g/mol. The van der Waals surface area contributed by atoms with Crippen molar-refractivity contribution in [2.24, 2.45) is 0 Å². The minimum Gasteiger partial charge on any atom is -0.304 e. The molecule has 2 saturated heterocycles. The van der Waals surface area contributed by atoms with Crippen LogP contribution >= 0.6 is 22.6 Å². The molecule has 94 valence electrons. The molecule has 0 radical (unpaired) electrons. The molecule has 2 fully saturated rings. The SMILES string of the molecule is CC(I)N1CCC(N2CCN(C)CC2)CC1. The molecule has 0 bridgehead atoms. The normalized spacial score (nSPS) is 29.4. The first kappa shape index (κ1) is 13.1. The number of alkyl halides is 1. The van der Waals surface area contributed by atoms with E-state index in [1.54, 1.807) is 0 Å². The summed E-state index contributed by atoms with van der Waals surface area (Å²) in [5.74, 6) is 0. The molecule has 1 unspecified atom stereocenters. The van der Waals surface area contributed by atoms with Gasteiger partial charge in [0.2, 0.25) is 0 Å². The second-order valence-corrected chi connectivity index (χ2v) is 6.98. The molecule has 3 nitrogen and oxygen atoms in total. The third-order valence-electron chi connectivity index (χ3n) is 4.06. The summed E-state index contributed by atoms with van der Waals surface area (Å²) in [5, 5.41) is 0. The second-order valence-electron chi connectivity index (χ2n) is 5.18. The van der Waals surface area contributed by atoms with Gasteiger partial charge in [0.15, 0.2) is 0 Å². The fourth-order valence-corrected chi connectivity index (χ4v) is 3.35. The van der Waals surface area contributed by atoms with Crippen molar-refractivity contribution in [1.82, 2.24) is 14.7 Å². The van der Waals surface area contributed by atoms with Crippen LogP contribution < -0.4 is 0 Å². The summed E-state index contributed by atoms with van der Waals surface area (Å²) in [6.45, 7) is 9.95. The maximum Gasteiger partial charge on any atom is 0.0589 e. The number of likely N-dealkylation sites (N-methyl/N-ethyl adjacent to an activating group) is 1. The zero-order valence-electron chi connectivity index (χ0n) is 10.5. The van der Waals surface area contributed by atoms with E-state index >= 15 is 0 Å². The summed E-state index contributed by atoms with van der Waals surface area (Å²) in [5.41, 5.74) is 0. The van der Waals surface area contributed by atoms with Gasteiger partial charge < -0.3 is 4.90 Å². The Balaban J connectivity index is 1.76. The van der Waals surface area contributed by atoms with Crippen LogP contribution in [-0.4, -0.2) is 71.1 Å². The Morgan fingerprint density at radius 2 is 1.56 bits per heavy atom. The van der Waals surface area contributed by atoms with Gasteiger partial charge in [-0.1, -0.05) is 22.6 Å². The van der Waals surface area contributed by atoms with Gasteiger partial charge in [-0.25, -0.2) is 0 Å². The second kappa shape index (κ2) is 5.98. The van der Waals surface area contributed by atoms with E-state index in [4.69, 9.17) is 0 Å². The van der Waals surface area contributed by atoms with Crippen LogP contribution in [0, 0.1) is 0 Å². The molecule has 0 saturated carbocycles. The molecule has 1 atom stereocenters. The highest BCUT2D eigenvalue weighted by Crippen LogP contribution is 2.21. The van der Waals surface area contributed by atoms with Crippen LogP contribution in [0.2, 0.25) is 0 Å². The monoisotopic (exact) mass is 337 g/mol. The summed E-state index contributed by atoms with van der Waals surface area (Å²) in [6.07, 6.45) is 2.74. The summed E-state index contributed by atoms with van der Waals surface area (Å²) >= 11 is 2.53. The molecule has 2 heterocycles. The highest BCUT2D eigenvalue weighted by molar-refractivity contribution is 14.1. The number of likely N-dealkylation sites (tertiary alicyclic amines) is 1. The van der Waals surface area contributed by atoms with E-state index in [2.05, 4.69) is 51.3 Å². The lowest BCUT2D eigenvalue weighted by Gasteiger charge is -2.42. The maximum atomic E-state index is 2.72. The average Bonchev–Trinajstić information content (AvgIpc) is 2.30. The highest BCUT2D eigenvalue weighted by atomic mass is 127. The lowest BCUT2D eigenvalue weighted by atomic mass is 10.0. The number of halogens is 1. The molecule has 0 amide bonds. The quantitative estimate of drug-likeness (QED) is 0.429. The highest BCUT2D eigenvalue weighted by Gasteiger charge is 2.27. The van der Waals surface area contributed by atoms with Crippen molar-refractivity contribution in [3.05, 3.63) is 0 Å². The van der Waals surface area contributed by atoms with Crippen LogP contribution in [0.5, 0.6) is 0 Å². The van der Waals surface area contributed by atoms with Gasteiger partial charge in [0.1, 0.15) is 0 Å². The van der Waals surface area contributed by atoms with Crippen molar-refractivity contribution >= 4 is 22.6 Å². The van der Waals surface area contributed by atoms with Crippen LogP contribution in [0.15, 0.2) is 0 Å². The summed E-state index contributed by atoms with van der Waals surface area (Å²) in [4.78, 5) is 7.76. The van der Waals surface area contributed by atoms with Gasteiger partial charge in [-0.2, -0.15) is 0 Å². The van der Waals surface area contributed by atoms with E-state index in [0.717, 1.165) is 6.04 Å². The predicted octanol–water partition coefficient (Wildman–Crippen LogP) is 1.48. The van der Waals surface area contributed by atoms with Crippen molar-refractivity contribution in [2.75, 3.05) is 46.3 Å². The number of hydrogen-bond donors (Lipinski definition) is 0.